The summed E-state index contributed by atoms with van der Waals surface area (Å²) in [6, 6.07) is 10.0. The molecule has 200 valence electrons. The SMILES string of the molecule is C[C@H]1CC[C@H](c2ccccc2)S(=O)(=O)N1Cc1cc(F)c([C@]2(C(=O)CC(=O)NO)C[C@](C)(O)C2)cc1F. The number of ketones is 1. The lowest BCUT2D eigenvalue weighted by molar-refractivity contribution is -0.147. The summed E-state index contributed by atoms with van der Waals surface area (Å²) in [7, 11) is -3.88. The fourth-order valence-electron chi connectivity index (χ4n) is 5.74. The van der Waals surface area contributed by atoms with Crippen LogP contribution in [0.1, 0.15) is 67.9 Å². The third-order valence-corrected chi connectivity index (χ3v) is 9.89. The molecule has 1 aliphatic heterocycles. The Morgan fingerprint density at radius 1 is 1.11 bits per heavy atom. The van der Waals surface area contributed by atoms with E-state index in [1.54, 1.807) is 37.3 Å². The molecule has 0 spiro atoms. The van der Waals surface area contributed by atoms with Crippen LogP contribution < -0.4 is 5.48 Å². The van der Waals surface area contributed by atoms with Gasteiger partial charge in [0.25, 0.3) is 5.91 Å². The summed E-state index contributed by atoms with van der Waals surface area (Å²) in [4.78, 5) is 24.5. The minimum absolute atomic E-state index is 0.188. The molecule has 2 aromatic carbocycles. The molecule has 1 saturated heterocycles. The summed E-state index contributed by atoms with van der Waals surface area (Å²) < 4.78 is 59.0. The predicted octanol–water partition coefficient (Wildman–Crippen LogP) is 3.27. The van der Waals surface area contributed by atoms with Crippen LogP contribution >= 0.6 is 0 Å². The van der Waals surface area contributed by atoms with Crippen LogP contribution in [0.4, 0.5) is 8.78 Å². The van der Waals surface area contributed by atoms with Gasteiger partial charge in [-0.1, -0.05) is 30.3 Å². The zero-order valence-corrected chi connectivity index (χ0v) is 21.4. The normalized spacial score (nSPS) is 29.4. The molecule has 3 N–H and O–H groups in total. The van der Waals surface area contributed by atoms with Crippen LogP contribution in [0, 0.1) is 11.6 Å². The molecular weight excluding hydrogens is 506 g/mol. The Bertz CT molecular complexity index is 1310. The second-order valence-corrected chi connectivity index (χ2v) is 12.5. The Morgan fingerprint density at radius 2 is 1.76 bits per heavy atom. The van der Waals surface area contributed by atoms with Gasteiger partial charge >= 0.3 is 0 Å². The van der Waals surface area contributed by atoms with E-state index in [2.05, 4.69) is 0 Å². The number of aliphatic hydroxyl groups is 1. The van der Waals surface area contributed by atoms with Gasteiger partial charge in [-0.2, -0.15) is 4.31 Å². The third-order valence-electron chi connectivity index (χ3n) is 7.52. The molecule has 2 fully saturated rings. The van der Waals surface area contributed by atoms with E-state index in [0.29, 0.717) is 18.4 Å². The van der Waals surface area contributed by atoms with E-state index in [-0.39, 0.29) is 30.5 Å². The van der Waals surface area contributed by atoms with Gasteiger partial charge in [-0.05, 0) is 57.2 Å². The molecule has 0 bridgehead atoms. The van der Waals surface area contributed by atoms with E-state index < -0.39 is 62.1 Å². The first-order valence-corrected chi connectivity index (χ1v) is 13.5. The highest BCUT2D eigenvalue weighted by molar-refractivity contribution is 7.89. The van der Waals surface area contributed by atoms with Crippen molar-refractivity contribution in [3.8, 4) is 0 Å². The average molecular weight is 537 g/mol. The van der Waals surface area contributed by atoms with E-state index in [4.69, 9.17) is 5.21 Å². The van der Waals surface area contributed by atoms with E-state index in [9.17, 15) is 23.1 Å². The van der Waals surface area contributed by atoms with E-state index in [1.807, 2.05) is 0 Å². The van der Waals surface area contributed by atoms with E-state index >= 15 is 8.78 Å². The number of halogens is 2. The molecule has 2 aromatic rings. The third kappa shape index (κ3) is 5.05. The summed E-state index contributed by atoms with van der Waals surface area (Å²) in [5, 5.41) is 18.3. The minimum Gasteiger partial charge on any atom is -0.390 e. The molecular formula is C26H30F2N2O6S. The molecule has 0 radical (unpaired) electrons. The monoisotopic (exact) mass is 536 g/mol. The van der Waals surface area contributed by atoms with Gasteiger partial charge in [0.2, 0.25) is 10.0 Å². The van der Waals surface area contributed by atoms with Gasteiger partial charge < -0.3 is 5.11 Å². The molecule has 1 aliphatic carbocycles. The number of nitrogens with zero attached hydrogens (tertiary/aromatic N) is 1. The van der Waals surface area contributed by atoms with Crippen LogP contribution in [0.15, 0.2) is 42.5 Å². The summed E-state index contributed by atoms with van der Waals surface area (Å²) in [5.41, 5.74) is -1.50. The van der Waals surface area contributed by atoms with Crippen LogP contribution in [0.25, 0.3) is 0 Å². The van der Waals surface area contributed by atoms with Gasteiger partial charge in [-0.15, -0.1) is 0 Å². The summed E-state index contributed by atoms with van der Waals surface area (Å²) in [6.45, 7) is 2.78. The van der Waals surface area contributed by atoms with Crippen molar-refractivity contribution in [2.75, 3.05) is 0 Å². The van der Waals surface area contributed by atoms with Gasteiger partial charge in [0.05, 0.1) is 17.4 Å². The summed E-state index contributed by atoms with van der Waals surface area (Å²) >= 11 is 0. The van der Waals surface area contributed by atoms with Crippen molar-refractivity contribution < 1.29 is 37.1 Å². The zero-order valence-electron chi connectivity index (χ0n) is 20.6. The van der Waals surface area contributed by atoms with Gasteiger partial charge in [0.1, 0.15) is 16.9 Å². The van der Waals surface area contributed by atoms with Gasteiger partial charge in [-0.3, -0.25) is 14.8 Å². The lowest BCUT2D eigenvalue weighted by Crippen LogP contribution is -2.58. The minimum atomic E-state index is -3.88. The first-order chi connectivity index (χ1) is 17.3. The number of benzene rings is 2. The number of carbonyl (C=O) groups excluding carboxylic acids is 2. The lowest BCUT2D eigenvalue weighted by Gasteiger charge is -2.51. The molecule has 0 aromatic heterocycles. The summed E-state index contributed by atoms with van der Waals surface area (Å²) in [6.07, 6.45) is -0.292. The molecule has 2 aliphatic rings. The quantitative estimate of drug-likeness (QED) is 0.284. The van der Waals surface area contributed by atoms with E-state index in [1.165, 1.54) is 16.7 Å². The van der Waals surface area contributed by atoms with Crippen LogP contribution in [0.5, 0.6) is 0 Å². The molecule has 4 rings (SSSR count). The predicted molar refractivity (Wildman–Crippen MR) is 130 cm³/mol. The Labute approximate surface area is 214 Å². The van der Waals surface area contributed by atoms with Crippen LogP contribution in [0.3, 0.4) is 0 Å². The van der Waals surface area contributed by atoms with E-state index in [0.717, 1.165) is 12.1 Å². The van der Waals surface area contributed by atoms with Gasteiger partial charge in [-0.25, -0.2) is 22.7 Å². The Balaban J connectivity index is 1.66. The highest BCUT2D eigenvalue weighted by Crippen LogP contribution is 2.52. The number of hydroxylamine groups is 1. The number of hydrogen-bond acceptors (Lipinski definition) is 6. The van der Waals surface area contributed by atoms with Crippen molar-refractivity contribution in [1.82, 2.24) is 9.79 Å². The standard InChI is InChI=1S/C26H30F2N2O6S/c1-16-8-9-22(17-6-4-3-5-7-17)37(35,36)30(16)13-18-10-21(28)19(11-20(18)27)26(14-25(2,33)15-26)23(31)12-24(32)29-34/h3-7,10-11,16,22,33-34H,8-9,12-15H2,1-2H3,(H,29,32)/t16-,22+,25-,26-/m0/s1. The van der Waals surface area contributed by atoms with Crippen LogP contribution in [-0.2, 0) is 31.6 Å². The highest BCUT2D eigenvalue weighted by Gasteiger charge is 2.58. The average Bonchev–Trinajstić information content (AvgIpc) is 2.82. The largest absolute Gasteiger partial charge is 0.390 e. The molecule has 1 heterocycles. The second-order valence-electron chi connectivity index (χ2n) is 10.4. The van der Waals surface area contributed by atoms with Crippen molar-refractivity contribution in [2.45, 2.75) is 74.8 Å². The van der Waals surface area contributed by atoms with Crippen molar-refractivity contribution in [1.29, 1.82) is 0 Å². The topological polar surface area (TPSA) is 124 Å². The van der Waals surface area contributed by atoms with Crippen molar-refractivity contribution in [3.63, 3.8) is 0 Å². The molecule has 37 heavy (non-hydrogen) atoms. The Hall–Kier alpha value is -2.73. The van der Waals surface area contributed by atoms with Gasteiger partial charge in [0, 0.05) is 23.7 Å². The first-order valence-electron chi connectivity index (χ1n) is 12.0. The molecule has 1 amide bonds. The summed E-state index contributed by atoms with van der Waals surface area (Å²) in [5.74, 6) is -3.61. The molecule has 8 nitrogen and oxygen atoms in total. The maximum atomic E-state index is 15.4. The maximum Gasteiger partial charge on any atom is 0.250 e. The van der Waals surface area contributed by atoms with Crippen molar-refractivity contribution >= 4 is 21.7 Å². The van der Waals surface area contributed by atoms with Crippen molar-refractivity contribution in [2.24, 2.45) is 0 Å². The van der Waals surface area contributed by atoms with Crippen molar-refractivity contribution in [3.05, 3.63) is 70.8 Å². The maximum absolute atomic E-state index is 15.4. The number of carbonyl (C=O) groups is 2. The smallest absolute Gasteiger partial charge is 0.250 e. The first kappa shape index (κ1) is 27.3. The molecule has 11 heteroatoms. The molecule has 0 unspecified atom stereocenters. The highest BCUT2D eigenvalue weighted by atomic mass is 32.2. The fraction of sp³-hybridized carbons (Fsp3) is 0.462. The number of nitrogens with one attached hydrogen (secondary N) is 1. The van der Waals surface area contributed by atoms with Crippen LogP contribution in [-0.4, -0.2) is 46.4 Å². The molecule has 2 atom stereocenters. The second kappa shape index (κ2) is 9.86. The Kier molecular flexibility index (Phi) is 7.28. The zero-order chi connectivity index (χ0) is 27.2. The molecule has 1 saturated carbocycles. The number of sulfonamides is 1. The fourth-order valence-corrected chi connectivity index (χ4v) is 7.92. The van der Waals surface area contributed by atoms with Crippen LogP contribution in [0.2, 0.25) is 0 Å². The Morgan fingerprint density at radius 3 is 2.35 bits per heavy atom. The number of Topliss-reactive ketones (excluding diaryl/α,β-unsaturated/α-hetero) is 1. The van der Waals surface area contributed by atoms with Gasteiger partial charge in [0.15, 0.2) is 5.78 Å². The lowest BCUT2D eigenvalue weighted by atomic mass is 9.54. The number of amides is 1. The number of rotatable bonds is 7. The number of hydrogen-bond donors (Lipinski definition) is 3.